The fourth-order valence-electron chi connectivity index (χ4n) is 1.19. The average molecular weight is 213 g/mol. The third kappa shape index (κ3) is 2.97. The summed E-state index contributed by atoms with van der Waals surface area (Å²) in [5.41, 5.74) is 3.05. The molecule has 0 saturated heterocycles. The molecule has 54 valence electrons. The van der Waals surface area contributed by atoms with Gasteiger partial charge in [-0.25, -0.2) is 0 Å². The molecule has 1 heteroatoms. The zero-order valence-corrected chi connectivity index (χ0v) is 9.23. The van der Waals surface area contributed by atoms with Gasteiger partial charge in [0, 0.05) is 26.2 Å². The van der Waals surface area contributed by atoms with Crippen molar-refractivity contribution in [1.29, 1.82) is 0 Å². The van der Waals surface area contributed by atoms with Crippen LogP contribution in [0.5, 0.6) is 0 Å². The van der Waals surface area contributed by atoms with Crippen LogP contribution < -0.4 is 0 Å². The number of hydrogen-bond donors (Lipinski definition) is 0. The third-order valence-corrected chi connectivity index (χ3v) is 1.66. The molecule has 0 unspecified atom stereocenters. The molecule has 0 atom stereocenters. The minimum Gasteiger partial charge on any atom is -0.0773 e. The molecule has 1 rings (SSSR count). The van der Waals surface area contributed by atoms with Gasteiger partial charge < -0.3 is 0 Å². The van der Waals surface area contributed by atoms with E-state index in [0.29, 0.717) is 0 Å². The summed E-state index contributed by atoms with van der Waals surface area (Å²) in [6, 6.07) is 0. The van der Waals surface area contributed by atoms with E-state index in [0.717, 1.165) is 0 Å². The Morgan fingerprint density at radius 2 is 2.20 bits per heavy atom. The molecular formula is C9H14Zr. The minimum absolute atomic E-state index is 0. The van der Waals surface area contributed by atoms with Crippen molar-refractivity contribution in [2.24, 2.45) is 0 Å². The molecule has 0 heterocycles. The molecule has 0 N–H and O–H groups in total. The van der Waals surface area contributed by atoms with E-state index in [4.69, 9.17) is 0 Å². The van der Waals surface area contributed by atoms with Crippen LogP contribution in [0.4, 0.5) is 0 Å². The van der Waals surface area contributed by atoms with Crippen LogP contribution in [-0.2, 0) is 26.2 Å². The van der Waals surface area contributed by atoms with E-state index in [1.165, 1.54) is 30.4 Å². The second-order valence-electron chi connectivity index (χ2n) is 2.72. The Hall–Kier alpha value is 0.363. The second kappa shape index (κ2) is 5.07. The summed E-state index contributed by atoms with van der Waals surface area (Å²) in [6.45, 7) is 4.42. The maximum atomic E-state index is 2.33. The molecule has 0 aromatic carbocycles. The van der Waals surface area contributed by atoms with E-state index in [9.17, 15) is 0 Å². The zero-order valence-electron chi connectivity index (χ0n) is 6.78. The molecule has 0 bridgehead atoms. The van der Waals surface area contributed by atoms with Gasteiger partial charge in [-0.05, 0) is 19.8 Å². The summed E-state index contributed by atoms with van der Waals surface area (Å²) >= 11 is 0. The van der Waals surface area contributed by atoms with Gasteiger partial charge in [0.25, 0.3) is 0 Å². The van der Waals surface area contributed by atoms with Crippen molar-refractivity contribution in [3.63, 3.8) is 0 Å². The maximum absolute atomic E-state index is 2.33. The van der Waals surface area contributed by atoms with Crippen LogP contribution in [0.1, 0.15) is 33.1 Å². The van der Waals surface area contributed by atoms with Crippen LogP contribution in [0, 0.1) is 0 Å². The topological polar surface area (TPSA) is 0 Å². The first-order chi connectivity index (χ1) is 4.33. The first-order valence-electron chi connectivity index (χ1n) is 3.69. The molecule has 0 radical (unpaired) electrons. The van der Waals surface area contributed by atoms with E-state index in [1.54, 1.807) is 0 Å². The van der Waals surface area contributed by atoms with E-state index in [1.807, 2.05) is 0 Å². The first-order valence-corrected chi connectivity index (χ1v) is 3.69. The van der Waals surface area contributed by atoms with Crippen molar-refractivity contribution in [2.45, 2.75) is 33.1 Å². The zero-order chi connectivity index (χ0) is 6.69. The number of hydrogen-bond acceptors (Lipinski definition) is 0. The third-order valence-electron chi connectivity index (χ3n) is 1.66. The summed E-state index contributed by atoms with van der Waals surface area (Å²) < 4.78 is 0. The van der Waals surface area contributed by atoms with Gasteiger partial charge in [0.2, 0.25) is 0 Å². The molecule has 0 aliphatic heterocycles. The van der Waals surface area contributed by atoms with Gasteiger partial charge in [-0.15, -0.1) is 0 Å². The summed E-state index contributed by atoms with van der Waals surface area (Å²) in [7, 11) is 0. The van der Waals surface area contributed by atoms with Crippen LogP contribution >= 0.6 is 0 Å². The van der Waals surface area contributed by atoms with Crippen LogP contribution in [0.3, 0.4) is 0 Å². The Bertz CT molecular complexity index is 154. The maximum Gasteiger partial charge on any atom is 0 e. The molecule has 0 nitrogen and oxygen atoms in total. The van der Waals surface area contributed by atoms with Crippen molar-refractivity contribution in [3.8, 4) is 0 Å². The Kier molecular flexibility index (Phi) is 5.26. The normalized spacial score (nSPS) is 15.8. The van der Waals surface area contributed by atoms with Crippen molar-refractivity contribution >= 4 is 0 Å². The monoisotopic (exact) mass is 212 g/mol. The molecule has 0 aromatic heterocycles. The number of allylic oxidation sites excluding steroid dienone is 4. The molecule has 10 heavy (non-hydrogen) atoms. The summed E-state index contributed by atoms with van der Waals surface area (Å²) in [5, 5.41) is 0. The Labute approximate surface area is 82.5 Å². The Morgan fingerprint density at radius 3 is 2.60 bits per heavy atom. The molecule has 1 aliphatic carbocycles. The molecule has 0 saturated carbocycles. The average Bonchev–Trinajstić information content (AvgIpc) is 2.17. The van der Waals surface area contributed by atoms with Crippen molar-refractivity contribution in [3.05, 3.63) is 23.3 Å². The van der Waals surface area contributed by atoms with Gasteiger partial charge in [-0.2, -0.15) is 0 Å². The van der Waals surface area contributed by atoms with Gasteiger partial charge >= 0.3 is 0 Å². The quantitative estimate of drug-likeness (QED) is 0.661. The van der Waals surface area contributed by atoms with Gasteiger partial charge in [-0.1, -0.05) is 36.6 Å². The molecule has 0 fully saturated rings. The van der Waals surface area contributed by atoms with Crippen LogP contribution in [0.2, 0.25) is 0 Å². The smallest absolute Gasteiger partial charge is 0 e. The Morgan fingerprint density at radius 1 is 1.50 bits per heavy atom. The van der Waals surface area contributed by atoms with Gasteiger partial charge in [0.1, 0.15) is 0 Å². The van der Waals surface area contributed by atoms with E-state index < -0.39 is 0 Å². The number of rotatable bonds is 2. The minimum atomic E-state index is 0. The van der Waals surface area contributed by atoms with Crippen LogP contribution in [-0.4, -0.2) is 0 Å². The van der Waals surface area contributed by atoms with Gasteiger partial charge in [0.05, 0.1) is 0 Å². The largest absolute Gasteiger partial charge is 0.0773 e. The predicted molar refractivity (Wildman–Crippen MR) is 41.4 cm³/mol. The fourth-order valence-corrected chi connectivity index (χ4v) is 1.19. The fraction of sp³-hybridized carbons (Fsp3) is 0.556. The van der Waals surface area contributed by atoms with Crippen LogP contribution in [0.15, 0.2) is 23.3 Å². The predicted octanol–water partition coefficient (Wildman–Crippen LogP) is 3.06. The van der Waals surface area contributed by atoms with Crippen molar-refractivity contribution < 1.29 is 26.2 Å². The molecular weight excluding hydrogens is 199 g/mol. The molecule has 1 aliphatic rings. The van der Waals surface area contributed by atoms with E-state index >= 15 is 0 Å². The summed E-state index contributed by atoms with van der Waals surface area (Å²) in [6.07, 6.45) is 8.37. The second-order valence-corrected chi connectivity index (χ2v) is 2.72. The first kappa shape index (κ1) is 10.4. The van der Waals surface area contributed by atoms with Crippen molar-refractivity contribution in [2.75, 3.05) is 0 Å². The SMILES string of the molecule is CCCC1=CCC(C)=C1.[Zr]. The Balaban J connectivity index is 0.000000810. The van der Waals surface area contributed by atoms with Crippen LogP contribution in [0.25, 0.3) is 0 Å². The molecule has 0 spiro atoms. The van der Waals surface area contributed by atoms with Crippen molar-refractivity contribution in [1.82, 2.24) is 0 Å². The van der Waals surface area contributed by atoms with E-state index in [-0.39, 0.29) is 26.2 Å². The van der Waals surface area contributed by atoms with E-state index in [2.05, 4.69) is 26.0 Å². The molecule has 0 amide bonds. The summed E-state index contributed by atoms with van der Waals surface area (Å²) in [4.78, 5) is 0. The molecule has 0 aromatic rings. The van der Waals surface area contributed by atoms with Gasteiger partial charge in [0.15, 0.2) is 0 Å². The summed E-state index contributed by atoms with van der Waals surface area (Å²) in [5.74, 6) is 0. The standard InChI is InChI=1S/C9H14.Zr/c1-3-4-9-6-5-8(2)7-9;/h6-7H,3-5H2,1-2H3;. The van der Waals surface area contributed by atoms with Gasteiger partial charge in [-0.3, -0.25) is 0 Å².